The SMILES string of the molecule is Cc1ccc(S(=O)(=O)N2CCCC2C(=O)NO)cc1. The molecule has 1 saturated heterocycles. The number of carbonyl (C=O) groups excluding carboxylic acids is 1. The Hall–Kier alpha value is -1.44. The Balaban J connectivity index is 2.33. The average molecular weight is 284 g/mol. The summed E-state index contributed by atoms with van der Waals surface area (Å²) in [6.07, 6.45) is 1.01. The van der Waals surface area contributed by atoms with Crippen molar-refractivity contribution in [3.63, 3.8) is 0 Å². The van der Waals surface area contributed by atoms with Gasteiger partial charge >= 0.3 is 0 Å². The topological polar surface area (TPSA) is 86.7 Å². The zero-order valence-corrected chi connectivity index (χ0v) is 11.4. The van der Waals surface area contributed by atoms with E-state index in [4.69, 9.17) is 5.21 Å². The number of hydroxylamine groups is 1. The molecule has 19 heavy (non-hydrogen) atoms. The van der Waals surface area contributed by atoms with Crippen LogP contribution < -0.4 is 5.48 Å². The molecule has 1 amide bonds. The highest BCUT2D eigenvalue weighted by Crippen LogP contribution is 2.26. The lowest BCUT2D eigenvalue weighted by Crippen LogP contribution is -2.44. The molecule has 1 atom stereocenters. The van der Waals surface area contributed by atoms with Crippen molar-refractivity contribution in [2.24, 2.45) is 0 Å². The van der Waals surface area contributed by atoms with Gasteiger partial charge in [-0.05, 0) is 31.9 Å². The van der Waals surface area contributed by atoms with Gasteiger partial charge in [0.2, 0.25) is 10.0 Å². The molecule has 1 aliphatic heterocycles. The maximum absolute atomic E-state index is 12.4. The number of nitrogens with zero attached hydrogens (tertiary/aromatic N) is 1. The lowest BCUT2D eigenvalue weighted by molar-refractivity contribution is -0.132. The molecule has 7 heteroatoms. The highest BCUT2D eigenvalue weighted by Gasteiger charge is 2.39. The van der Waals surface area contributed by atoms with Crippen molar-refractivity contribution in [3.05, 3.63) is 29.8 Å². The number of benzene rings is 1. The van der Waals surface area contributed by atoms with Crippen molar-refractivity contribution >= 4 is 15.9 Å². The molecule has 2 N–H and O–H groups in total. The van der Waals surface area contributed by atoms with E-state index in [-0.39, 0.29) is 11.4 Å². The summed E-state index contributed by atoms with van der Waals surface area (Å²) in [5, 5.41) is 8.66. The average Bonchev–Trinajstić information content (AvgIpc) is 2.88. The Morgan fingerprint density at radius 2 is 2.00 bits per heavy atom. The molecule has 0 radical (unpaired) electrons. The lowest BCUT2D eigenvalue weighted by atomic mass is 10.2. The number of hydrogen-bond acceptors (Lipinski definition) is 4. The molecule has 0 aliphatic carbocycles. The first-order chi connectivity index (χ1) is 8.96. The maximum atomic E-state index is 12.4. The third-order valence-electron chi connectivity index (χ3n) is 3.24. The molecule has 1 aliphatic rings. The highest BCUT2D eigenvalue weighted by molar-refractivity contribution is 7.89. The highest BCUT2D eigenvalue weighted by atomic mass is 32.2. The van der Waals surface area contributed by atoms with Crippen molar-refractivity contribution in [2.75, 3.05) is 6.54 Å². The molecule has 1 heterocycles. The zero-order valence-electron chi connectivity index (χ0n) is 10.5. The van der Waals surface area contributed by atoms with Gasteiger partial charge < -0.3 is 0 Å². The van der Waals surface area contributed by atoms with E-state index in [0.717, 1.165) is 9.87 Å². The van der Waals surface area contributed by atoms with Gasteiger partial charge in [0.1, 0.15) is 6.04 Å². The van der Waals surface area contributed by atoms with Crippen LogP contribution in [-0.2, 0) is 14.8 Å². The van der Waals surface area contributed by atoms with Crippen LogP contribution in [-0.4, -0.2) is 36.4 Å². The van der Waals surface area contributed by atoms with E-state index in [1.54, 1.807) is 12.1 Å². The smallest absolute Gasteiger partial charge is 0.261 e. The van der Waals surface area contributed by atoms with Gasteiger partial charge in [-0.25, -0.2) is 13.9 Å². The van der Waals surface area contributed by atoms with Crippen molar-refractivity contribution in [2.45, 2.75) is 30.7 Å². The van der Waals surface area contributed by atoms with Crippen LogP contribution >= 0.6 is 0 Å². The number of nitrogens with one attached hydrogen (secondary N) is 1. The molecule has 1 unspecified atom stereocenters. The normalized spacial score (nSPS) is 20.4. The third kappa shape index (κ3) is 2.63. The standard InChI is InChI=1S/C12H16N2O4S/c1-9-4-6-10(7-5-9)19(17,18)14-8-2-3-11(14)12(15)13-16/h4-7,11,16H,2-3,8H2,1H3,(H,13,15). The Labute approximate surface area is 112 Å². The Morgan fingerprint density at radius 3 is 2.58 bits per heavy atom. The number of rotatable bonds is 3. The summed E-state index contributed by atoms with van der Waals surface area (Å²) in [4.78, 5) is 11.7. The summed E-state index contributed by atoms with van der Waals surface area (Å²) in [6.45, 7) is 2.16. The summed E-state index contributed by atoms with van der Waals surface area (Å²) in [7, 11) is -3.70. The predicted octanol–water partition coefficient (Wildman–Crippen LogP) is 0.654. The van der Waals surface area contributed by atoms with Gasteiger partial charge in [-0.3, -0.25) is 10.0 Å². The monoisotopic (exact) mass is 284 g/mol. The van der Waals surface area contributed by atoms with E-state index in [2.05, 4.69) is 0 Å². The minimum Gasteiger partial charge on any atom is -0.289 e. The fourth-order valence-corrected chi connectivity index (χ4v) is 3.87. The van der Waals surface area contributed by atoms with E-state index < -0.39 is 22.0 Å². The summed E-state index contributed by atoms with van der Waals surface area (Å²) >= 11 is 0. The van der Waals surface area contributed by atoms with Crippen molar-refractivity contribution in [3.8, 4) is 0 Å². The first-order valence-corrected chi connectivity index (χ1v) is 7.43. The Bertz CT molecular complexity index is 568. The molecule has 0 aromatic heterocycles. The van der Waals surface area contributed by atoms with Crippen molar-refractivity contribution in [1.82, 2.24) is 9.79 Å². The molecular formula is C12H16N2O4S. The largest absolute Gasteiger partial charge is 0.289 e. The van der Waals surface area contributed by atoms with Crippen LogP contribution in [0.15, 0.2) is 29.2 Å². The van der Waals surface area contributed by atoms with Crippen LogP contribution in [0.4, 0.5) is 0 Å². The number of sulfonamides is 1. The molecule has 0 spiro atoms. The van der Waals surface area contributed by atoms with E-state index in [9.17, 15) is 13.2 Å². The van der Waals surface area contributed by atoms with Crippen LogP contribution in [0.25, 0.3) is 0 Å². The first-order valence-electron chi connectivity index (χ1n) is 5.99. The van der Waals surface area contributed by atoms with Gasteiger partial charge in [0.05, 0.1) is 4.90 Å². The lowest BCUT2D eigenvalue weighted by Gasteiger charge is -2.22. The van der Waals surface area contributed by atoms with E-state index in [1.165, 1.54) is 17.6 Å². The Morgan fingerprint density at radius 1 is 1.37 bits per heavy atom. The second-order valence-electron chi connectivity index (χ2n) is 4.56. The predicted molar refractivity (Wildman–Crippen MR) is 68.0 cm³/mol. The fourth-order valence-electron chi connectivity index (χ4n) is 2.21. The van der Waals surface area contributed by atoms with Crippen molar-refractivity contribution in [1.29, 1.82) is 0 Å². The fraction of sp³-hybridized carbons (Fsp3) is 0.417. The molecule has 2 rings (SSSR count). The number of hydrogen-bond donors (Lipinski definition) is 2. The van der Waals surface area contributed by atoms with Gasteiger partial charge in [-0.15, -0.1) is 0 Å². The summed E-state index contributed by atoms with van der Waals surface area (Å²) in [5.74, 6) is -0.687. The molecule has 0 bridgehead atoms. The van der Waals surface area contributed by atoms with Gasteiger partial charge in [-0.1, -0.05) is 17.7 Å². The molecule has 1 aromatic rings. The minimum absolute atomic E-state index is 0.163. The number of aryl methyl sites for hydroxylation is 1. The molecule has 1 fully saturated rings. The third-order valence-corrected chi connectivity index (χ3v) is 5.17. The molecule has 6 nitrogen and oxygen atoms in total. The van der Waals surface area contributed by atoms with Crippen molar-refractivity contribution < 1.29 is 18.4 Å². The number of amides is 1. The van der Waals surface area contributed by atoms with Crippen LogP contribution in [0.5, 0.6) is 0 Å². The zero-order chi connectivity index (χ0) is 14.0. The molecular weight excluding hydrogens is 268 g/mol. The maximum Gasteiger partial charge on any atom is 0.261 e. The van der Waals surface area contributed by atoms with Crippen LogP contribution in [0.3, 0.4) is 0 Å². The van der Waals surface area contributed by atoms with E-state index in [1.807, 2.05) is 6.92 Å². The van der Waals surface area contributed by atoms with Gasteiger partial charge in [0.15, 0.2) is 0 Å². The van der Waals surface area contributed by atoms with Gasteiger partial charge in [0.25, 0.3) is 5.91 Å². The molecule has 1 aromatic carbocycles. The van der Waals surface area contributed by atoms with Gasteiger partial charge in [-0.2, -0.15) is 4.31 Å². The van der Waals surface area contributed by atoms with E-state index in [0.29, 0.717) is 12.8 Å². The van der Waals surface area contributed by atoms with Crippen LogP contribution in [0.2, 0.25) is 0 Å². The number of carbonyl (C=O) groups is 1. The second-order valence-corrected chi connectivity index (χ2v) is 6.45. The summed E-state index contributed by atoms with van der Waals surface area (Å²) < 4.78 is 26.0. The molecule has 104 valence electrons. The van der Waals surface area contributed by atoms with Gasteiger partial charge in [0, 0.05) is 6.54 Å². The first kappa shape index (κ1) is 14.0. The van der Waals surface area contributed by atoms with E-state index >= 15 is 0 Å². The summed E-state index contributed by atoms with van der Waals surface area (Å²) in [6, 6.07) is 5.64. The molecule has 0 saturated carbocycles. The quantitative estimate of drug-likeness (QED) is 0.630. The minimum atomic E-state index is -3.70. The Kier molecular flexibility index (Phi) is 3.88. The van der Waals surface area contributed by atoms with Crippen LogP contribution in [0, 0.1) is 6.92 Å². The van der Waals surface area contributed by atoms with Crippen LogP contribution in [0.1, 0.15) is 18.4 Å². The summed E-state index contributed by atoms with van der Waals surface area (Å²) in [5.41, 5.74) is 2.49. The second kappa shape index (κ2) is 5.28.